The maximum atomic E-state index is 13.4. The highest BCUT2D eigenvalue weighted by atomic mass is 32.2. The molecule has 0 atom stereocenters. The van der Waals surface area contributed by atoms with Crippen molar-refractivity contribution < 1.29 is 12.8 Å². The number of sulfonamides is 1. The fourth-order valence-corrected chi connectivity index (χ4v) is 2.46. The minimum Gasteiger partial charge on any atom is -0.389 e. The molecule has 0 bridgehead atoms. The van der Waals surface area contributed by atoms with Crippen LogP contribution in [0.2, 0.25) is 0 Å². The molecule has 0 saturated heterocycles. The van der Waals surface area contributed by atoms with Crippen LogP contribution in [0.15, 0.2) is 35.5 Å². The average molecular weight is 313 g/mol. The normalized spacial score (nSPS) is 11.1. The van der Waals surface area contributed by atoms with E-state index in [4.69, 9.17) is 5.73 Å². The van der Waals surface area contributed by atoms with Gasteiger partial charge in [-0.1, -0.05) is 12.2 Å². The lowest BCUT2D eigenvalue weighted by Gasteiger charge is -2.07. The molecule has 2 aromatic rings. The van der Waals surface area contributed by atoms with Gasteiger partial charge in [0.25, 0.3) is 16.0 Å². The summed E-state index contributed by atoms with van der Waals surface area (Å²) in [6, 6.07) is 3.08. The zero-order valence-corrected chi connectivity index (χ0v) is 11.4. The number of rotatable bonds is 4. The van der Waals surface area contributed by atoms with Gasteiger partial charge in [-0.05, 0) is 18.2 Å². The second kappa shape index (κ2) is 5.43. The molecule has 0 aliphatic carbocycles. The number of aromatic nitrogens is 3. The number of benzene rings is 1. The quantitative estimate of drug-likeness (QED) is 0.788. The summed E-state index contributed by atoms with van der Waals surface area (Å²) in [6.07, 6.45) is 2.57. The SMILES string of the molecule is NC(=S)c1cc(S(=O)(=O)Nc2nccnn2)ccc1F. The van der Waals surface area contributed by atoms with Crippen LogP contribution in [0.25, 0.3) is 0 Å². The second-order valence-corrected chi connectivity index (χ2v) is 5.70. The summed E-state index contributed by atoms with van der Waals surface area (Å²) in [4.78, 5) is 3.22. The highest BCUT2D eigenvalue weighted by Gasteiger charge is 2.18. The van der Waals surface area contributed by atoms with Gasteiger partial charge in [0.1, 0.15) is 10.8 Å². The summed E-state index contributed by atoms with van der Waals surface area (Å²) in [5.74, 6) is -0.900. The Morgan fingerprint density at radius 1 is 1.35 bits per heavy atom. The fraction of sp³-hybridized carbons (Fsp3) is 0. The topological polar surface area (TPSA) is 111 Å². The van der Waals surface area contributed by atoms with Gasteiger partial charge >= 0.3 is 0 Å². The summed E-state index contributed by atoms with van der Waals surface area (Å²) in [5.41, 5.74) is 5.16. The van der Waals surface area contributed by atoms with Gasteiger partial charge in [-0.25, -0.2) is 22.5 Å². The van der Waals surface area contributed by atoms with Gasteiger partial charge in [-0.3, -0.25) is 0 Å². The van der Waals surface area contributed by atoms with E-state index >= 15 is 0 Å². The van der Waals surface area contributed by atoms with Crippen LogP contribution in [0.5, 0.6) is 0 Å². The molecule has 0 aliphatic rings. The van der Waals surface area contributed by atoms with Crippen LogP contribution in [0, 0.1) is 5.82 Å². The number of halogens is 1. The minimum absolute atomic E-state index is 0.157. The molecule has 104 valence electrons. The van der Waals surface area contributed by atoms with Gasteiger partial charge in [0.15, 0.2) is 0 Å². The maximum absolute atomic E-state index is 13.4. The smallest absolute Gasteiger partial charge is 0.264 e. The van der Waals surface area contributed by atoms with Gasteiger partial charge < -0.3 is 5.73 Å². The highest BCUT2D eigenvalue weighted by Crippen LogP contribution is 2.17. The number of nitrogens with two attached hydrogens (primary N) is 1. The molecule has 0 spiro atoms. The van der Waals surface area contributed by atoms with Crippen molar-refractivity contribution in [1.82, 2.24) is 15.2 Å². The Morgan fingerprint density at radius 2 is 2.10 bits per heavy atom. The van der Waals surface area contributed by atoms with Crippen LogP contribution in [0.3, 0.4) is 0 Å². The minimum atomic E-state index is -3.98. The van der Waals surface area contributed by atoms with E-state index < -0.39 is 15.8 Å². The van der Waals surface area contributed by atoms with Crippen molar-refractivity contribution in [3.05, 3.63) is 42.0 Å². The summed E-state index contributed by atoms with van der Waals surface area (Å²) in [7, 11) is -3.98. The third-order valence-corrected chi connectivity index (χ3v) is 3.77. The molecule has 7 nitrogen and oxygen atoms in total. The van der Waals surface area contributed by atoms with E-state index in [1.807, 2.05) is 0 Å². The van der Waals surface area contributed by atoms with E-state index in [1.165, 1.54) is 12.4 Å². The van der Waals surface area contributed by atoms with Gasteiger partial charge in [0.2, 0.25) is 0 Å². The Bertz CT molecular complexity index is 751. The van der Waals surface area contributed by atoms with Crippen LogP contribution in [-0.2, 0) is 10.0 Å². The van der Waals surface area contributed by atoms with E-state index in [9.17, 15) is 12.8 Å². The van der Waals surface area contributed by atoms with Crippen LogP contribution in [-0.4, -0.2) is 28.6 Å². The molecule has 2 rings (SSSR count). The fourth-order valence-electron chi connectivity index (χ4n) is 1.33. The molecule has 0 radical (unpaired) electrons. The molecular formula is C10H8FN5O2S2. The molecule has 10 heteroatoms. The Balaban J connectivity index is 2.40. The predicted molar refractivity (Wildman–Crippen MR) is 72.9 cm³/mol. The first-order valence-electron chi connectivity index (χ1n) is 5.16. The lowest BCUT2D eigenvalue weighted by atomic mass is 10.2. The zero-order valence-electron chi connectivity index (χ0n) is 9.82. The standard InChI is InChI=1S/C10H8FN5O2S2/c11-8-2-1-6(5-7(8)9(12)19)20(17,18)16-10-13-3-4-14-15-10/h1-5H,(H2,12,19)(H,13,15,16). The third kappa shape index (κ3) is 3.03. The van der Waals surface area contributed by atoms with Crippen molar-refractivity contribution in [2.24, 2.45) is 5.73 Å². The maximum Gasteiger partial charge on any atom is 0.264 e. The van der Waals surface area contributed by atoms with E-state index in [0.717, 1.165) is 18.2 Å². The molecular weight excluding hydrogens is 305 g/mol. The third-order valence-electron chi connectivity index (χ3n) is 2.22. The van der Waals surface area contributed by atoms with Crippen molar-refractivity contribution >= 4 is 33.2 Å². The second-order valence-electron chi connectivity index (χ2n) is 3.58. The van der Waals surface area contributed by atoms with Crippen LogP contribution >= 0.6 is 12.2 Å². The van der Waals surface area contributed by atoms with Crippen LogP contribution < -0.4 is 10.5 Å². The zero-order chi connectivity index (χ0) is 14.8. The molecule has 1 aromatic heterocycles. The number of anilines is 1. The van der Waals surface area contributed by atoms with Crippen molar-refractivity contribution in [2.45, 2.75) is 4.90 Å². The van der Waals surface area contributed by atoms with Crippen LogP contribution in [0.4, 0.5) is 10.3 Å². The lowest BCUT2D eigenvalue weighted by Crippen LogP contribution is -2.17. The molecule has 1 aromatic carbocycles. The van der Waals surface area contributed by atoms with Crippen molar-refractivity contribution in [3.8, 4) is 0 Å². The molecule has 1 heterocycles. The number of nitrogens with zero attached hydrogens (tertiary/aromatic N) is 3. The molecule has 0 amide bonds. The summed E-state index contributed by atoms with van der Waals surface area (Å²) in [6.45, 7) is 0. The first-order chi connectivity index (χ1) is 9.40. The molecule has 20 heavy (non-hydrogen) atoms. The lowest BCUT2D eigenvalue weighted by molar-refractivity contribution is 0.599. The van der Waals surface area contributed by atoms with Crippen molar-refractivity contribution in [1.29, 1.82) is 0 Å². The molecule has 0 fully saturated rings. The number of thiocarbonyl (C=S) groups is 1. The molecule has 0 aliphatic heterocycles. The number of nitrogens with one attached hydrogen (secondary N) is 1. The Kier molecular flexibility index (Phi) is 3.86. The van der Waals surface area contributed by atoms with Gasteiger partial charge in [-0.2, -0.15) is 5.10 Å². The number of hydrogen-bond acceptors (Lipinski definition) is 6. The highest BCUT2D eigenvalue weighted by molar-refractivity contribution is 7.92. The summed E-state index contributed by atoms with van der Waals surface area (Å²) >= 11 is 4.65. The molecule has 0 unspecified atom stereocenters. The monoisotopic (exact) mass is 313 g/mol. The van der Waals surface area contributed by atoms with Crippen molar-refractivity contribution in [2.75, 3.05) is 4.72 Å². The molecule has 3 N–H and O–H groups in total. The average Bonchev–Trinajstić information content (AvgIpc) is 2.39. The van der Waals surface area contributed by atoms with Crippen molar-refractivity contribution in [3.63, 3.8) is 0 Å². The largest absolute Gasteiger partial charge is 0.389 e. The Hall–Kier alpha value is -2.20. The van der Waals surface area contributed by atoms with Crippen LogP contribution in [0.1, 0.15) is 5.56 Å². The Morgan fingerprint density at radius 3 is 2.70 bits per heavy atom. The first-order valence-corrected chi connectivity index (χ1v) is 7.05. The first kappa shape index (κ1) is 14.2. The Labute approximate surface area is 119 Å². The van der Waals surface area contributed by atoms with Gasteiger partial charge in [0.05, 0.1) is 17.3 Å². The summed E-state index contributed by atoms with van der Waals surface area (Å²) in [5, 5.41) is 6.97. The predicted octanol–water partition coefficient (Wildman–Crippen LogP) is 0.446. The van der Waals surface area contributed by atoms with E-state index in [1.54, 1.807) is 0 Å². The van der Waals surface area contributed by atoms with E-state index in [2.05, 4.69) is 32.1 Å². The summed E-state index contributed by atoms with van der Waals surface area (Å²) < 4.78 is 39.6. The number of hydrogen-bond donors (Lipinski definition) is 2. The molecule has 0 saturated carbocycles. The van der Waals surface area contributed by atoms with E-state index in [0.29, 0.717) is 0 Å². The van der Waals surface area contributed by atoms with E-state index in [-0.39, 0.29) is 21.4 Å². The van der Waals surface area contributed by atoms with Gasteiger partial charge in [-0.15, -0.1) is 5.10 Å². The van der Waals surface area contributed by atoms with Gasteiger partial charge in [0, 0.05) is 5.56 Å².